The van der Waals surface area contributed by atoms with E-state index in [1.807, 2.05) is 24.3 Å². The van der Waals surface area contributed by atoms with E-state index < -0.39 is 47.3 Å². The molecular formula is C27H29ClF3N2O6PS. The topological polar surface area (TPSA) is 115 Å². The van der Waals surface area contributed by atoms with Gasteiger partial charge in [0, 0.05) is 19.6 Å². The van der Waals surface area contributed by atoms with Crippen molar-refractivity contribution in [1.82, 2.24) is 5.09 Å². The zero-order chi connectivity index (χ0) is 31.0. The fraction of sp³-hybridized carbons (Fsp3) is 0.370. The molecule has 41 heavy (non-hydrogen) atoms. The molecule has 0 aliphatic heterocycles. The van der Waals surface area contributed by atoms with Gasteiger partial charge in [-0.1, -0.05) is 73.2 Å². The van der Waals surface area contributed by atoms with E-state index in [1.54, 1.807) is 56.5 Å². The summed E-state index contributed by atoms with van der Waals surface area (Å²) in [4.78, 5) is 23.0. The van der Waals surface area contributed by atoms with Crippen LogP contribution in [-0.2, 0) is 23.4 Å². The Hall–Kier alpha value is -2.97. The number of carbonyl (C=O) groups is 2. The molecule has 8 nitrogen and oxygen atoms in total. The zero-order valence-corrected chi connectivity index (χ0v) is 25.2. The van der Waals surface area contributed by atoms with Crippen LogP contribution in [-0.4, -0.2) is 31.4 Å². The van der Waals surface area contributed by atoms with Crippen LogP contribution in [0.2, 0.25) is 0 Å². The summed E-state index contributed by atoms with van der Waals surface area (Å²) in [6.45, 7) is 1.67. The maximum Gasteiger partial charge on any atom is 0.426 e. The Morgan fingerprint density at radius 3 is 2.27 bits per heavy atom. The molecular weight excluding hydrogens is 604 g/mol. The first-order chi connectivity index (χ1) is 19.1. The molecule has 0 saturated heterocycles. The molecule has 14 heteroatoms. The van der Waals surface area contributed by atoms with Gasteiger partial charge in [-0.25, -0.2) is 0 Å². The molecule has 222 valence electrons. The standard InChI is InChI=1S/C23H19ClF3NO3.C4H10NO3PS/c1-22(2)17(12-19(24)23(25,26)27)20(22)21(29)31-18(13-28)14-7-6-10-16(11-14)30-15-8-4-3-5-9-15;1-4(6)5-9(7,8-2)10-3/h3-12,17-18,20H,1-2H3;1-3H3,(H,5,6,7)/b19-12-;/t17-,18?,20-;/m0./s1. The molecule has 2 aromatic carbocycles. The van der Waals surface area contributed by atoms with Gasteiger partial charge in [0.2, 0.25) is 12.0 Å². The molecule has 1 saturated carbocycles. The largest absolute Gasteiger partial charge is 0.457 e. The third-order valence-electron chi connectivity index (χ3n) is 6.03. The minimum atomic E-state index is -4.68. The predicted molar refractivity (Wildman–Crippen MR) is 150 cm³/mol. The number of nitrogens with one attached hydrogen (secondary N) is 1. The molecule has 1 fully saturated rings. The van der Waals surface area contributed by atoms with Crippen molar-refractivity contribution in [3.63, 3.8) is 0 Å². The third-order valence-corrected chi connectivity index (χ3v) is 10.1. The summed E-state index contributed by atoms with van der Waals surface area (Å²) in [5.41, 5.74) is -0.371. The number of carbonyl (C=O) groups excluding carboxylic acids is 2. The highest BCUT2D eigenvalue weighted by Gasteiger charge is 2.62. The Balaban J connectivity index is 0.000000503. The first-order valence-electron chi connectivity index (χ1n) is 12.0. The van der Waals surface area contributed by atoms with Crippen molar-refractivity contribution in [3.8, 4) is 17.6 Å². The number of nitriles is 1. The minimum absolute atomic E-state index is 0.348. The van der Waals surface area contributed by atoms with Crippen molar-refractivity contribution in [2.45, 2.75) is 33.1 Å². The Morgan fingerprint density at radius 2 is 1.78 bits per heavy atom. The van der Waals surface area contributed by atoms with Gasteiger partial charge in [0.1, 0.15) is 22.6 Å². The molecule has 0 heterocycles. The number of nitrogens with zero attached hydrogens (tertiary/aromatic N) is 1. The van der Waals surface area contributed by atoms with E-state index >= 15 is 0 Å². The molecule has 0 radical (unpaired) electrons. The smallest absolute Gasteiger partial charge is 0.426 e. The second kappa shape index (κ2) is 14.3. The zero-order valence-electron chi connectivity index (χ0n) is 22.8. The summed E-state index contributed by atoms with van der Waals surface area (Å²) in [6, 6.07) is 17.4. The molecule has 1 aliphatic rings. The van der Waals surface area contributed by atoms with Gasteiger partial charge in [-0.15, -0.1) is 0 Å². The lowest BCUT2D eigenvalue weighted by atomic mass is 10.1. The van der Waals surface area contributed by atoms with Crippen molar-refractivity contribution >= 4 is 41.6 Å². The summed E-state index contributed by atoms with van der Waals surface area (Å²) in [5, 5.41) is 10.4. The monoisotopic (exact) mass is 632 g/mol. The number of alkyl halides is 3. The van der Waals surface area contributed by atoms with Gasteiger partial charge < -0.3 is 14.0 Å². The molecule has 3 rings (SSSR count). The number of para-hydroxylation sites is 1. The van der Waals surface area contributed by atoms with E-state index in [4.69, 9.17) is 21.1 Å². The number of amides is 1. The van der Waals surface area contributed by atoms with E-state index in [2.05, 4.69) is 9.61 Å². The van der Waals surface area contributed by atoms with Crippen LogP contribution in [0.15, 0.2) is 65.7 Å². The summed E-state index contributed by atoms with van der Waals surface area (Å²) in [5.74, 6) is -1.62. The highest BCUT2D eigenvalue weighted by molar-refractivity contribution is 8.55. The molecule has 0 spiro atoms. The molecule has 4 atom stereocenters. The van der Waals surface area contributed by atoms with Gasteiger partial charge in [0.15, 0.2) is 0 Å². The van der Waals surface area contributed by atoms with Gasteiger partial charge in [-0.2, -0.15) is 18.4 Å². The summed E-state index contributed by atoms with van der Waals surface area (Å²) in [6.07, 6.45) is -3.46. The van der Waals surface area contributed by atoms with Gasteiger partial charge in [-0.3, -0.25) is 19.2 Å². The maximum atomic E-state index is 12.7. The van der Waals surface area contributed by atoms with Crippen molar-refractivity contribution in [2.24, 2.45) is 17.3 Å². The molecule has 1 amide bonds. The van der Waals surface area contributed by atoms with Crippen molar-refractivity contribution in [2.75, 3.05) is 13.4 Å². The van der Waals surface area contributed by atoms with Crippen molar-refractivity contribution < 1.29 is 41.3 Å². The lowest BCUT2D eigenvalue weighted by Crippen LogP contribution is -2.15. The Kier molecular flexibility index (Phi) is 11.9. The van der Waals surface area contributed by atoms with E-state index in [0.717, 1.165) is 17.5 Å². The van der Waals surface area contributed by atoms with Crippen LogP contribution in [0, 0.1) is 28.6 Å². The number of rotatable bonds is 9. The molecule has 0 bridgehead atoms. The van der Waals surface area contributed by atoms with E-state index in [1.165, 1.54) is 14.0 Å². The number of ether oxygens (including phenoxy) is 2. The fourth-order valence-corrected chi connectivity index (χ4v) is 5.73. The van der Waals surface area contributed by atoms with Crippen LogP contribution in [0.5, 0.6) is 11.5 Å². The Morgan fingerprint density at radius 1 is 1.17 bits per heavy atom. The average molecular weight is 633 g/mol. The van der Waals surface area contributed by atoms with Gasteiger partial charge in [-0.05, 0) is 41.9 Å². The predicted octanol–water partition coefficient (Wildman–Crippen LogP) is 7.78. The van der Waals surface area contributed by atoms with Gasteiger partial charge >= 0.3 is 18.9 Å². The molecule has 1 aliphatic carbocycles. The molecule has 2 unspecified atom stereocenters. The number of benzene rings is 2. The van der Waals surface area contributed by atoms with Crippen LogP contribution in [0.25, 0.3) is 0 Å². The van der Waals surface area contributed by atoms with Crippen LogP contribution in [0.1, 0.15) is 32.4 Å². The molecule has 0 aromatic heterocycles. The highest BCUT2D eigenvalue weighted by Crippen LogP contribution is 2.60. The second-order valence-electron chi connectivity index (χ2n) is 9.30. The van der Waals surface area contributed by atoms with Crippen molar-refractivity contribution in [3.05, 3.63) is 71.3 Å². The quantitative estimate of drug-likeness (QED) is 0.220. The second-order valence-corrected chi connectivity index (χ2v) is 14.2. The first kappa shape index (κ1) is 34.2. The van der Waals surface area contributed by atoms with Crippen LogP contribution in [0.3, 0.4) is 0 Å². The maximum absolute atomic E-state index is 12.7. The minimum Gasteiger partial charge on any atom is -0.457 e. The van der Waals surface area contributed by atoms with E-state index in [9.17, 15) is 32.6 Å². The Labute approximate surface area is 245 Å². The summed E-state index contributed by atoms with van der Waals surface area (Å²) >= 11 is 6.32. The van der Waals surface area contributed by atoms with Crippen LogP contribution in [0.4, 0.5) is 13.2 Å². The van der Waals surface area contributed by atoms with Crippen molar-refractivity contribution in [1.29, 1.82) is 5.26 Å². The number of hydrogen-bond acceptors (Lipinski definition) is 8. The Bertz CT molecular complexity index is 1340. The molecule has 2 aromatic rings. The highest BCUT2D eigenvalue weighted by atomic mass is 35.5. The van der Waals surface area contributed by atoms with Crippen LogP contribution >= 0.6 is 29.7 Å². The first-order valence-corrected chi connectivity index (χ1v) is 15.8. The van der Waals surface area contributed by atoms with Gasteiger partial charge in [0.05, 0.1) is 5.92 Å². The summed E-state index contributed by atoms with van der Waals surface area (Å²) in [7, 11) is 1.30. The molecule has 1 N–H and O–H groups in total. The van der Waals surface area contributed by atoms with E-state index in [-0.39, 0.29) is 5.91 Å². The number of esters is 1. The third kappa shape index (κ3) is 9.82. The lowest BCUT2D eigenvalue weighted by molar-refractivity contribution is -0.149. The number of hydrogen-bond donors (Lipinski definition) is 1. The number of halogens is 4. The number of allylic oxidation sites excluding steroid dienone is 2. The van der Waals surface area contributed by atoms with E-state index in [0.29, 0.717) is 17.1 Å². The SMILES string of the molecule is CC1(C)[C@H](C(=O)OC(C#N)c2cccc(Oc3ccccc3)c2)[C@@H]1/C=C(\Cl)C(F)(F)F.COP(=O)(NC(C)=O)SC. The fourth-order valence-electron chi connectivity index (χ4n) is 3.77. The van der Waals surface area contributed by atoms with Gasteiger partial charge in [0.25, 0.3) is 0 Å². The normalized spacial score (nSPS) is 19.8. The average Bonchev–Trinajstić information content (AvgIpc) is 3.46. The van der Waals surface area contributed by atoms with Crippen LogP contribution < -0.4 is 9.82 Å². The lowest BCUT2D eigenvalue weighted by Gasteiger charge is -2.13. The summed E-state index contributed by atoms with van der Waals surface area (Å²) < 4.78 is 65.0.